The summed E-state index contributed by atoms with van der Waals surface area (Å²) in [6, 6.07) is 3.64. The second-order valence-corrected chi connectivity index (χ2v) is 3.09. The third-order valence-corrected chi connectivity index (χ3v) is 2.12. The molecule has 1 aromatic rings. The Morgan fingerprint density at radius 3 is 3.00 bits per heavy atom. The van der Waals surface area contributed by atoms with Crippen LogP contribution in [0.25, 0.3) is 0 Å². The van der Waals surface area contributed by atoms with Gasteiger partial charge >= 0.3 is 0 Å². The van der Waals surface area contributed by atoms with Crippen LogP contribution in [0.5, 0.6) is 0 Å². The highest BCUT2D eigenvalue weighted by Gasteiger charge is 2.05. The maximum atomic E-state index is 5.72. The van der Waals surface area contributed by atoms with Crippen molar-refractivity contribution in [3.63, 3.8) is 0 Å². The number of pyridine rings is 1. The molecule has 1 atom stereocenters. The van der Waals surface area contributed by atoms with Gasteiger partial charge in [0, 0.05) is 19.9 Å². The van der Waals surface area contributed by atoms with Gasteiger partial charge in [-0.15, -0.1) is 0 Å². The van der Waals surface area contributed by atoms with Crippen LogP contribution in [0, 0.1) is 0 Å². The number of nitrogens with one attached hydrogen (secondary N) is 1. The minimum Gasteiger partial charge on any atom is -0.396 e. The van der Waals surface area contributed by atoms with Gasteiger partial charge in [-0.05, 0) is 18.6 Å². The topological polar surface area (TPSA) is 60.2 Å². The molecule has 0 saturated carbocycles. The molecule has 0 bridgehead atoms. The van der Waals surface area contributed by atoms with Crippen LogP contribution >= 0.6 is 0 Å². The predicted octanol–water partition coefficient (Wildman–Crippen LogP) is 1.50. The molecular formula is C10H17N3O. The van der Waals surface area contributed by atoms with Crippen LogP contribution in [-0.4, -0.2) is 24.7 Å². The lowest BCUT2D eigenvalue weighted by atomic mass is 10.2. The number of ether oxygens (including phenoxy) is 1. The van der Waals surface area contributed by atoms with Crippen LogP contribution in [0.15, 0.2) is 18.3 Å². The van der Waals surface area contributed by atoms with Crippen molar-refractivity contribution < 1.29 is 4.74 Å². The summed E-state index contributed by atoms with van der Waals surface area (Å²) < 4.78 is 5.23. The van der Waals surface area contributed by atoms with E-state index < -0.39 is 0 Å². The summed E-state index contributed by atoms with van der Waals surface area (Å²) in [6.45, 7) is 2.81. The molecule has 1 heterocycles. The molecule has 0 spiro atoms. The normalized spacial score (nSPS) is 12.4. The maximum absolute atomic E-state index is 5.72. The molecular weight excluding hydrogens is 178 g/mol. The number of nitrogens with zero attached hydrogens (tertiary/aromatic N) is 1. The number of anilines is 2. The number of aromatic nitrogens is 1. The lowest BCUT2D eigenvalue weighted by molar-refractivity contribution is 0.110. The molecule has 0 aliphatic carbocycles. The third kappa shape index (κ3) is 2.88. The molecule has 0 radical (unpaired) electrons. The van der Waals surface area contributed by atoms with Crippen LogP contribution in [-0.2, 0) is 4.74 Å². The van der Waals surface area contributed by atoms with Gasteiger partial charge in [-0.3, -0.25) is 0 Å². The van der Waals surface area contributed by atoms with E-state index in [1.165, 1.54) is 0 Å². The van der Waals surface area contributed by atoms with Crippen LogP contribution in [0.2, 0.25) is 0 Å². The molecule has 0 aliphatic heterocycles. The molecule has 0 aliphatic rings. The first-order valence-corrected chi connectivity index (χ1v) is 4.75. The number of hydrogen-bond donors (Lipinski definition) is 2. The molecule has 4 nitrogen and oxygen atoms in total. The van der Waals surface area contributed by atoms with Gasteiger partial charge in [0.05, 0.1) is 11.8 Å². The van der Waals surface area contributed by atoms with E-state index in [-0.39, 0.29) is 6.10 Å². The van der Waals surface area contributed by atoms with E-state index in [1.807, 2.05) is 12.1 Å². The zero-order valence-electron chi connectivity index (χ0n) is 8.66. The zero-order chi connectivity index (χ0) is 10.4. The number of hydrogen-bond acceptors (Lipinski definition) is 4. The summed E-state index contributed by atoms with van der Waals surface area (Å²) in [7, 11) is 1.71. The van der Waals surface area contributed by atoms with E-state index in [2.05, 4.69) is 17.2 Å². The zero-order valence-corrected chi connectivity index (χ0v) is 8.66. The quantitative estimate of drug-likeness (QED) is 0.747. The second-order valence-electron chi connectivity index (χ2n) is 3.09. The van der Waals surface area contributed by atoms with Crippen molar-refractivity contribution in [1.82, 2.24) is 4.98 Å². The van der Waals surface area contributed by atoms with E-state index in [0.717, 1.165) is 18.8 Å². The Labute approximate surface area is 84.5 Å². The summed E-state index contributed by atoms with van der Waals surface area (Å²) in [4.78, 5) is 4.13. The summed E-state index contributed by atoms with van der Waals surface area (Å²) >= 11 is 0. The van der Waals surface area contributed by atoms with Gasteiger partial charge in [0.25, 0.3) is 0 Å². The lowest BCUT2D eigenvalue weighted by Gasteiger charge is -2.14. The standard InChI is InChI=1S/C10H17N3O/c1-3-8(14-2)7-13-10-9(11)5-4-6-12-10/h4-6,8H,3,7,11H2,1-2H3,(H,12,13). The van der Waals surface area contributed by atoms with E-state index in [4.69, 9.17) is 10.5 Å². The molecule has 1 rings (SSSR count). The summed E-state index contributed by atoms with van der Waals surface area (Å²) in [6.07, 6.45) is 2.89. The average molecular weight is 195 g/mol. The van der Waals surface area contributed by atoms with E-state index >= 15 is 0 Å². The summed E-state index contributed by atoms with van der Waals surface area (Å²) in [5.74, 6) is 0.725. The molecule has 3 N–H and O–H groups in total. The first-order chi connectivity index (χ1) is 6.77. The Morgan fingerprint density at radius 1 is 1.64 bits per heavy atom. The lowest BCUT2D eigenvalue weighted by Crippen LogP contribution is -2.21. The predicted molar refractivity (Wildman–Crippen MR) is 58.2 cm³/mol. The van der Waals surface area contributed by atoms with Gasteiger partial charge in [-0.2, -0.15) is 0 Å². The SMILES string of the molecule is CCC(CNc1ncccc1N)OC. The Bertz CT molecular complexity index is 274. The third-order valence-electron chi connectivity index (χ3n) is 2.12. The highest BCUT2D eigenvalue weighted by atomic mass is 16.5. The largest absolute Gasteiger partial charge is 0.396 e. The molecule has 0 amide bonds. The fraction of sp³-hybridized carbons (Fsp3) is 0.500. The molecule has 1 aromatic heterocycles. The van der Waals surface area contributed by atoms with Gasteiger partial charge in [-0.1, -0.05) is 6.92 Å². The first-order valence-electron chi connectivity index (χ1n) is 4.75. The van der Waals surface area contributed by atoms with Crippen molar-refractivity contribution in [3.8, 4) is 0 Å². The number of nitrogens with two attached hydrogens (primary N) is 1. The second kappa shape index (κ2) is 5.44. The van der Waals surface area contributed by atoms with Gasteiger partial charge in [0.1, 0.15) is 5.82 Å². The minimum atomic E-state index is 0.205. The number of rotatable bonds is 5. The number of methoxy groups -OCH3 is 1. The van der Waals surface area contributed by atoms with E-state index in [9.17, 15) is 0 Å². The van der Waals surface area contributed by atoms with Gasteiger partial charge in [0.2, 0.25) is 0 Å². The highest BCUT2D eigenvalue weighted by molar-refractivity contribution is 5.60. The van der Waals surface area contributed by atoms with Gasteiger partial charge in [-0.25, -0.2) is 4.98 Å². The highest BCUT2D eigenvalue weighted by Crippen LogP contribution is 2.13. The van der Waals surface area contributed by atoms with Gasteiger partial charge < -0.3 is 15.8 Å². The van der Waals surface area contributed by atoms with Crippen LogP contribution in [0.4, 0.5) is 11.5 Å². The molecule has 0 saturated heterocycles. The van der Waals surface area contributed by atoms with Crippen molar-refractivity contribution >= 4 is 11.5 Å². The van der Waals surface area contributed by atoms with E-state index in [0.29, 0.717) is 5.69 Å². The fourth-order valence-corrected chi connectivity index (χ4v) is 1.17. The van der Waals surface area contributed by atoms with Crippen molar-refractivity contribution in [2.45, 2.75) is 19.4 Å². The Hall–Kier alpha value is -1.29. The number of nitrogen functional groups attached to an aromatic ring is 1. The monoisotopic (exact) mass is 195 g/mol. The van der Waals surface area contributed by atoms with Crippen LogP contribution < -0.4 is 11.1 Å². The average Bonchev–Trinajstić information content (AvgIpc) is 2.22. The molecule has 1 unspecified atom stereocenters. The molecule has 78 valence electrons. The molecule has 4 heteroatoms. The van der Waals surface area contributed by atoms with Crippen molar-refractivity contribution in [1.29, 1.82) is 0 Å². The van der Waals surface area contributed by atoms with Gasteiger partial charge in [0.15, 0.2) is 0 Å². The molecule has 14 heavy (non-hydrogen) atoms. The Morgan fingerprint density at radius 2 is 2.43 bits per heavy atom. The maximum Gasteiger partial charge on any atom is 0.149 e. The van der Waals surface area contributed by atoms with Crippen LogP contribution in [0.3, 0.4) is 0 Å². The molecule has 0 fully saturated rings. The van der Waals surface area contributed by atoms with Crippen molar-refractivity contribution in [2.75, 3.05) is 24.7 Å². The summed E-state index contributed by atoms with van der Waals surface area (Å²) in [5, 5.41) is 3.15. The first kappa shape index (κ1) is 10.8. The Balaban J connectivity index is 2.49. The molecule has 0 aromatic carbocycles. The summed E-state index contributed by atoms with van der Waals surface area (Å²) in [5.41, 5.74) is 6.39. The van der Waals surface area contributed by atoms with Crippen molar-refractivity contribution in [2.24, 2.45) is 0 Å². The smallest absolute Gasteiger partial charge is 0.149 e. The van der Waals surface area contributed by atoms with Crippen molar-refractivity contribution in [3.05, 3.63) is 18.3 Å². The Kier molecular flexibility index (Phi) is 4.19. The fourth-order valence-electron chi connectivity index (χ4n) is 1.17. The van der Waals surface area contributed by atoms with Crippen LogP contribution in [0.1, 0.15) is 13.3 Å². The minimum absolute atomic E-state index is 0.205. The van der Waals surface area contributed by atoms with E-state index in [1.54, 1.807) is 13.3 Å².